The third kappa shape index (κ3) is 5.02. The van der Waals surface area contributed by atoms with Crippen molar-refractivity contribution >= 4 is 35.2 Å². The van der Waals surface area contributed by atoms with Gasteiger partial charge in [0.25, 0.3) is 0 Å². The molecule has 40 heavy (non-hydrogen) atoms. The number of carboxylic acid groups (broad SMARTS) is 1. The Balaban J connectivity index is 1.38. The van der Waals surface area contributed by atoms with Crippen molar-refractivity contribution < 1.29 is 48.8 Å². The number of esters is 1. The first-order valence-corrected chi connectivity index (χ1v) is 14.0. The van der Waals surface area contributed by atoms with E-state index in [0.717, 1.165) is 5.57 Å². The molecule has 11 nitrogen and oxygen atoms in total. The van der Waals surface area contributed by atoms with Crippen LogP contribution in [0.3, 0.4) is 0 Å². The molecule has 3 saturated carbocycles. The standard InChI is InChI=1S/C29H39NO10/c1-15(31)25(26(37)38)30-22(35)6-7-23(36)40-14-21(34)29(39)11-9-19-18-5-4-16-12-17(32)8-10-27(16,2)24(18)20(33)13-28(19,29)3/h12,15,18-19,24-25,31,39H,4-11,13-14H2,1-3H3,(H,30,35)(H,37,38)/t15-,18+,19+,24-,25-,27+,28+,29+/m1/s1. The zero-order valence-electron chi connectivity index (χ0n) is 23.2. The molecule has 4 aliphatic rings. The summed E-state index contributed by atoms with van der Waals surface area (Å²) in [6, 6.07) is -1.52. The topological polar surface area (TPSA) is 184 Å². The highest BCUT2D eigenvalue weighted by molar-refractivity contribution is 5.95. The molecule has 0 spiro atoms. The first kappa shape index (κ1) is 30.0. The van der Waals surface area contributed by atoms with E-state index in [0.29, 0.717) is 32.1 Å². The number of allylic oxidation sites excluding steroid dienone is 1. The largest absolute Gasteiger partial charge is 0.480 e. The molecule has 0 unspecified atom stereocenters. The van der Waals surface area contributed by atoms with Crippen LogP contribution in [0.25, 0.3) is 0 Å². The van der Waals surface area contributed by atoms with Gasteiger partial charge in [0.1, 0.15) is 11.4 Å². The molecular formula is C29H39NO10. The van der Waals surface area contributed by atoms with Crippen LogP contribution >= 0.6 is 0 Å². The Morgan fingerprint density at radius 2 is 1.80 bits per heavy atom. The number of ether oxygens (including phenoxy) is 1. The van der Waals surface area contributed by atoms with Crippen LogP contribution in [0.5, 0.6) is 0 Å². The predicted molar refractivity (Wildman–Crippen MR) is 138 cm³/mol. The summed E-state index contributed by atoms with van der Waals surface area (Å²) in [4.78, 5) is 74.4. The van der Waals surface area contributed by atoms with E-state index in [4.69, 9.17) is 9.84 Å². The average molecular weight is 562 g/mol. The number of aliphatic hydroxyl groups is 2. The number of amides is 1. The molecule has 1 amide bonds. The molecule has 8 atom stereocenters. The third-order valence-corrected chi connectivity index (χ3v) is 10.3. The SMILES string of the molecule is C[C@@H](O)[C@@H](NC(=O)CCC(=O)OCC(=O)[C@@]1(O)CC[C@H]2[C@@H]3CCC4=CC(=O)CC[C@]4(C)[C@H]3C(=O)C[C@@]21C)C(=O)O. The minimum Gasteiger partial charge on any atom is -0.480 e. The molecular weight excluding hydrogens is 522 g/mol. The van der Waals surface area contributed by atoms with Crippen LogP contribution in [0.4, 0.5) is 0 Å². The molecule has 0 heterocycles. The number of carbonyl (C=O) groups excluding carboxylic acids is 5. The van der Waals surface area contributed by atoms with Crippen molar-refractivity contribution in [1.82, 2.24) is 5.32 Å². The lowest BCUT2D eigenvalue weighted by atomic mass is 9.46. The Morgan fingerprint density at radius 3 is 2.45 bits per heavy atom. The molecule has 0 aliphatic heterocycles. The first-order chi connectivity index (χ1) is 18.6. The molecule has 0 radical (unpaired) electrons. The quantitative estimate of drug-likeness (QED) is 0.299. The summed E-state index contributed by atoms with van der Waals surface area (Å²) in [5, 5.41) is 32.3. The van der Waals surface area contributed by atoms with Crippen molar-refractivity contribution in [1.29, 1.82) is 0 Å². The smallest absolute Gasteiger partial charge is 0.328 e. The second-order valence-electron chi connectivity index (χ2n) is 12.5. The molecule has 3 fully saturated rings. The molecule has 0 aromatic carbocycles. The first-order valence-electron chi connectivity index (χ1n) is 14.0. The van der Waals surface area contributed by atoms with Gasteiger partial charge in [-0.2, -0.15) is 0 Å². The normalized spacial score (nSPS) is 36.3. The van der Waals surface area contributed by atoms with Gasteiger partial charge in [-0.1, -0.05) is 19.4 Å². The van der Waals surface area contributed by atoms with Crippen LogP contribution in [-0.4, -0.2) is 74.9 Å². The molecule has 0 aromatic rings. The summed E-state index contributed by atoms with van der Waals surface area (Å²) in [6.45, 7) is 4.35. The fourth-order valence-corrected chi connectivity index (χ4v) is 8.03. The van der Waals surface area contributed by atoms with Gasteiger partial charge in [-0.05, 0) is 62.4 Å². The molecule has 0 bridgehead atoms. The van der Waals surface area contributed by atoms with Crippen molar-refractivity contribution in [2.45, 2.75) is 96.3 Å². The van der Waals surface area contributed by atoms with Crippen LogP contribution in [0.2, 0.25) is 0 Å². The van der Waals surface area contributed by atoms with E-state index in [9.17, 15) is 39.0 Å². The predicted octanol–water partition coefficient (Wildman–Crippen LogP) is 1.27. The Kier molecular flexibility index (Phi) is 8.12. The van der Waals surface area contributed by atoms with E-state index in [1.54, 1.807) is 13.0 Å². The number of aliphatic carboxylic acids is 1. The summed E-state index contributed by atoms with van der Waals surface area (Å²) in [5.41, 5.74) is -2.21. The number of hydrogen-bond acceptors (Lipinski definition) is 9. The molecule has 4 rings (SSSR count). The molecule has 4 N–H and O–H groups in total. The number of nitrogens with one attached hydrogen (secondary N) is 1. The minimum absolute atomic E-state index is 0.000746. The summed E-state index contributed by atoms with van der Waals surface area (Å²) in [5.74, 6) is -4.01. The summed E-state index contributed by atoms with van der Waals surface area (Å²) < 4.78 is 5.07. The Hall–Kier alpha value is -2.92. The van der Waals surface area contributed by atoms with Crippen LogP contribution in [0, 0.1) is 28.6 Å². The van der Waals surface area contributed by atoms with Crippen LogP contribution in [0.15, 0.2) is 11.6 Å². The van der Waals surface area contributed by atoms with Gasteiger partial charge in [-0.25, -0.2) is 4.79 Å². The van der Waals surface area contributed by atoms with Crippen molar-refractivity contribution in [3.8, 4) is 0 Å². The lowest BCUT2D eigenvalue weighted by Crippen LogP contribution is -2.61. The fourth-order valence-electron chi connectivity index (χ4n) is 8.03. The van der Waals surface area contributed by atoms with Gasteiger partial charge in [0.05, 0.1) is 12.5 Å². The maximum Gasteiger partial charge on any atom is 0.328 e. The van der Waals surface area contributed by atoms with Gasteiger partial charge >= 0.3 is 11.9 Å². The monoisotopic (exact) mass is 561 g/mol. The number of rotatable bonds is 9. The summed E-state index contributed by atoms with van der Waals surface area (Å²) >= 11 is 0. The van der Waals surface area contributed by atoms with Gasteiger partial charge in [-0.15, -0.1) is 0 Å². The Labute approximate surface area is 232 Å². The highest BCUT2D eigenvalue weighted by Crippen LogP contribution is 2.66. The van der Waals surface area contributed by atoms with Crippen molar-refractivity contribution in [2.75, 3.05) is 6.61 Å². The fraction of sp³-hybridized carbons (Fsp3) is 0.724. The highest BCUT2D eigenvalue weighted by atomic mass is 16.5. The highest BCUT2D eigenvalue weighted by Gasteiger charge is 2.68. The maximum absolute atomic E-state index is 13.7. The Morgan fingerprint density at radius 1 is 1.10 bits per heavy atom. The number of aliphatic hydroxyl groups excluding tert-OH is 1. The van der Waals surface area contributed by atoms with E-state index < -0.39 is 66.2 Å². The molecule has 4 aliphatic carbocycles. The van der Waals surface area contributed by atoms with Crippen molar-refractivity contribution in [2.24, 2.45) is 28.6 Å². The number of hydrogen-bond donors (Lipinski definition) is 4. The van der Waals surface area contributed by atoms with Gasteiger partial charge in [0, 0.05) is 30.6 Å². The molecule has 11 heteroatoms. The lowest BCUT2D eigenvalue weighted by Gasteiger charge is -2.57. The minimum atomic E-state index is -1.85. The second-order valence-corrected chi connectivity index (χ2v) is 12.5. The van der Waals surface area contributed by atoms with E-state index in [1.165, 1.54) is 6.92 Å². The lowest BCUT2D eigenvalue weighted by molar-refractivity contribution is -0.173. The maximum atomic E-state index is 13.7. The molecule has 220 valence electrons. The van der Waals surface area contributed by atoms with E-state index in [2.05, 4.69) is 12.2 Å². The van der Waals surface area contributed by atoms with E-state index in [1.807, 2.05) is 0 Å². The van der Waals surface area contributed by atoms with Crippen molar-refractivity contribution in [3.05, 3.63) is 11.6 Å². The average Bonchev–Trinajstić information content (AvgIpc) is 3.15. The van der Waals surface area contributed by atoms with Gasteiger partial charge in [0.15, 0.2) is 18.4 Å². The van der Waals surface area contributed by atoms with E-state index in [-0.39, 0.29) is 47.6 Å². The van der Waals surface area contributed by atoms with E-state index >= 15 is 0 Å². The third-order valence-electron chi connectivity index (χ3n) is 10.3. The zero-order valence-corrected chi connectivity index (χ0v) is 23.2. The number of ketones is 3. The summed E-state index contributed by atoms with van der Waals surface area (Å²) in [7, 11) is 0. The number of Topliss-reactive ketones (excluding diaryl/α,β-unsaturated/α-hetero) is 2. The number of carbonyl (C=O) groups is 6. The Bertz CT molecular complexity index is 1160. The van der Waals surface area contributed by atoms with Gasteiger partial charge < -0.3 is 25.4 Å². The number of carboxylic acids is 1. The van der Waals surface area contributed by atoms with Gasteiger partial charge in [-0.3, -0.25) is 24.0 Å². The second kappa shape index (κ2) is 10.8. The molecule has 0 aromatic heterocycles. The van der Waals surface area contributed by atoms with Crippen molar-refractivity contribution in [3.63, 3.8) is 0 Å². The van der Waals surface area contributed by atoms with Gasteiger partial charge in [0.2, 0.25) is 11.7 Å². The van der Waals surface area contributed by atoms with Crippen LogP contribution in [0.1, 0.15) is 78.6 Å². The number of fused-ring (bicyclic) bond motifs is 5. The molecule has 0 saturated heterocycles. The summed E-state index contributed by atoms with van der Waals surface area (Å²) in [6.07, 6.45) is 2.73. The zero-order chi connectivity index (χ0) is 29.6. The van der Waals surface area contributed by atoms with Crippen LogP contribution in [-0.2, 0) is 33.5 Å². The van der Waals surface area contributed by atoms with Crippen LogP contribution < -0.4 is 5.32 Å².